The second-order valence-corrected chi connectivity index (χ2v) is 7.18. The highest BCUT2D eigenvalue weighted by atomic mass is 16.5. The number of piperidine rings is 1. The van der Waals surface area contributed by atoms with Gasteiger partial charge in [-0.3, -0.25) is 4.79 Å². The summed E-state index contributed by atoms with van der Waals surface area (Å²) < 4.78 is 5.28. The van der Waals surface area contributed by atoms with Gasteiger partial charge in [0.2, 0.25) is 0 Å². The number of carbonyl (C=O) groups excluding carboxylic acids is 1. The van der Waals surface area contributed by atoms with E-state index in [0.29, 0.717) is 11.3 Å². The topological polar surface area (TPSA) is 41.6 Å². The first-order chi connectivity index (χ1) is 12.6. The lowest BCUT2D eigenvalue weighted by molar-refractivity contribution is 0.0937. The van der Waals surface area contributed by atoms with Crippen molar-refractivity contribution in [2.24, 2.45) is 5.92 Å². The molecule has 1 fully saturated rings. The Morgan fingerprint density at radius 3 is 2.62 bits per heavy atom. The molecule has 0 aliphatic carbocycles. The highest BCUT2D eigenvalue weighted by molar-refractivity contribution is 5.97. The maximum Gasteiger partial charge on any atom is 0.255 e. The lowest BCUT2D eigenvalue weighted by Gasteiger charge is -2.33. The van der Waals surface area contributed by atoms with Crippen LogP contribution in [0.15, 0.2) is 48.5 Å². The zero-order valence-corrected chi connectivity index (χ0v) is 15.9. The van der Waals surface area contributed by atoms with Gasteiger partial charge in [0.25, 0.3) is 5.91 Å². The van der Waals surface area contributed by atoms with Gasteiger partial charge in [0, 0.05) is 18.8 Å². The zero-order valence-electron chi connectivity index (χ0n) is 15.9. The van der Waals surface area contributed by atoms with Gasteiger partial charge in [-0.2, -0.15) is 0 Å². The van der Waals surface area contributed by atoms with Crippen molar-refractivity contribution in [1.82, 2.24) is 5.32 Å². The van der Waals surface area contributed by atoms with Crippen LogP contribution in [0.5, 0.6) is 5.75 Å². The third kappa shape index (κ3) is 4.18. The SMILES string of the molecule is COc1ccccc1C(=O)N[C@H](C)c1ccc(N2CCC[C@H](C)C2)cc1. The van der Waals surface area contributed by atoms with Crippen molar-refractivity contribution >= 4 is 11.6 Å². The quantitative estimate of drug-likeness (QED) is 0.866. The molecule has 26 heavy (non-hydrogen) atoms. The third-order valence-electron chi connectivity index (χ3n) is 5.11. The van der Waals surface area contributed by atoms with Crippen molar-refractivity contribution in [3.05, 3.63) is 59.7 Å². The highest BCUT2D eigenvalue weighted by Crippen LogP contribution is 2.25. The summed E-state index contributed by atoms with van der Waals surface area (Å²) in [5.41, 5.74) is 2.92. The van der Waals surface area contributed by atoms with Crippen molar-refractivity contribution in [2.75, 3.05) is 25.1 Å². The summed E-state index contributed by atoms with van der Waals surface area (Å²) in [5.74, 6) is 1.22. The molecule has 0 aromatic heterocycles. The van der Waals surface area contributed by atoms with Gasteiger partial charge in [-0.1, -0.05) is 31.2 Å². The number of carbonyl (C=O) groups is 1. The largest absolute Gasteiger partial charge is 0.496 e. The average Bonchev–Trinajstić information content (AvgIpc) is 2.68. The number of benzene rings is 2. The zero-order chi connectivity index (χ0) is 18.5. The minimum absolute atomic E-state index is 0.0678. The summed E-state index contributed by atoms with van der Waals surface area (Å²) in [5, 5.41) is 3.06. The molecule has 4 nitrogen and oxygen atoms in total. The van der Waals surface area contributed by atoms with E-state index in [4.69, 9.17) is 4.74 Å². The summed E-state index contributed by atoms with van der Waals surface area (Å²) in [7, 11) is 1.58. The molecule has 0 saturated carbocycles. The summed E-state index contributed by atoms with van der Waals surface area (Å²) >= 11 is 0. The van der Waals surface area contributed by atoms with E-state index in [1.165, 1.54) is 18.5 Å². The van der Waals surface area contributed by atoms with Crippen molar-refractivity contribution in [3.8, 4) is 5.75 Å². The van der Waals surface area contributed by atoms with Gasteiger partial charge in [0.05, 0.1) is 18.7 Å². The van der Waals surface area contributed by atoms with E-state index in [9.17, 15) is 4.79 Å². The number of hydrogen-bond acceptors (Lipinski definition) is 3. The van der Waals surface area contributed by atoms with E-state index in [1.54, 1.807) is 19.2 Å². The highest BCUT2D eigenvalue weighted by Gasteiger charge is 2.18. The van der Waals surface area contributed by atoms with Crippen LogP contribution in [0.1, 0.15) is 48.7 Å². The molecule has 1 aliphatic rings. The molecule has 2 aromatic carbocycles. The number of para-hydroxylation sites is 1. The van der Waals surface area contributed by atoms with Crippen LogP contribution < -0.4 is 15.0 Å². The Labute approximate surface area is 156 Å². The van der Waals surface area contributed by atoms with E-state index < -0.39 is 0 Å². The molecule has 138 valence electrons. The van der Waals surface area contributed by atoms with Crippen LogP contribution in [0.25, 0.3) is 0 Å². The van der Waals surface area contributed by atoms with Crippen molar-refractivity contribution < 1.29 is 9.53 Å². The Kier molecular flexibility index (Phi) is 5.82. The van der Waals surface area contributed by atoms with E-state index in [-0.39, 0.29) is 11.9 Å². The predicted molar refractivity (Wildman–Crippen MR) is 106 cm³/mol. The van der Waals surface area contributed by atoms with Gasteiger partial charge in [0.1, 0.15) is 5.75 Å². The van der Waals surface area contributed by atoms with Crippen LogP contribution in [0.2, 0.25) is 0 Å². The van der Waals surface area contributed by atoms with Crippen LogP contribution in [0.4, 0.5) is 5.69 Å². The molecule has 3 rings (SSSR count). The molecule has 1 heterocycles. The van der Waals surface area contributed by atoms with E-state index in [1.807, 2.05) is 19.1 Å². The monoisotopic (exact) mass is 352 g/mol. The minimum Gasteiger partial charge on any atom is -0.496 e. The van der Waals surface area contributed by atoms with E-state index >= 15 is 0 Å². The average molecular weight is 352 g/mol. The van der Waals surface area contributed by atoms with Crippen molar-refractivity contribution in [1.29, 1.82) is 0 Å². The number of nitrogens with one attached hydrogen (secondary N) is 1. The number of methoxy groups -OCH3 is 1. The summed E-state index contributed by atoms with van der Waals surface area (Å²) in [6, 6.07) is 15.8. The maximum absolute atomic E-state index is 12.6. The molecule has 1 saturated heterocycles. The fourth-order valence-electron chi connectivity index (χ4n) is 3.59. The lowest BCUT2D eigenvalue weighted by atomic mass is 9.99. The Balaban J connectivity index is 1.66. The first-order valence-electron chi connectivity index (χ1n) is 9.37. The van der Waals surface area contributed by atoms with Gasteiger partial charge in [0.15, 0.2) is 0 Å². The molecule has 2 atom stereocenters. The Morgan fingerprint density at radius 2 is 1.92 bits per heavy atom. The minimum atomic E-state index is -0.121. The second kappa shape index (κ2) is 8.26. The van der Waals surface area contributed by atoms with Crippen molar-refractivity contribution in [3.63, 3.8) is 0 Å². The first kappa shape index (κ1) is 18.3. The van der Waals surface area contributed by atoms with Crippen molar-refractivity contribution in [2.45, 2.75) is 32.7 Å². The molecule has 1 aliphatic heterocycles. The number of amides is 1. The number of hydrogen-bond donors (Lipinski definition) is 1. The van der Waals surface area contributed by atoms with E-state index in [2.05, 4.69) is 41.4 Å². The summed E-state index contributed by atoms with van der Waals surface area (Å²) in [6.45, 7) is 6.57. The summed E-state index contributed by atoms with van der Waals surface area (Å²) in [6.07, 6.45) is 2.58. The molecule has 4 heteroatoms. The number of ether oxygens (including phenoxy) is 1. The molecule has 1 N–H and O–H groups in total. The lowest BCUT2D eigenvalue weighted by Crippen LogP contribution is -2.34. The normalized spacial score (nSPS) is 18.3. The Hall–Kier alpha value is -2.49. The third-order valence-corrected chi connectivity index (χ3v) is 5.11. The Bertz CT molecular complexity index is 742. The smallest absolute Gasteiger partial charge is 0.255 e. The van der Waals surface area contributed by atoms with Gasteiger partial charge < -0.3 is 15.0 Å². The number of anilines is 1. The van der Waals surface area contributed by atoms with E-state index in [0.717, 1.165) is 24.6 Å². The number of rotatable bonds is 5. The molecule has 1 amide bonds. The Morgan fingerprint density at radius 1 is 1.19 bits per heavy atom. The molecular formula is C22H28N2O2. The molecule has 2 aromatic rings. The van der Waals surface area contributed by atoms with Gasteiger partial charge in [-0.15, -0.1) is 0 Å². The standard InChI is InChI=1S/C22H28N2O2/c1-16-7-6-14-24(15-16)19-12-10-18(11-13-19)17(2)23-22(25)20-8-4-5-9-21(20)26-3/h4-5,8-13,16-17H,6-7,14-15H2,1-3H3,(H,23,25)/t16-,17+/m0/s1. The molecule has 0 radical (unpaired) electrons. The van der Waals surface area contributed by atoms with Gasteiger partial charge in [-0.25, -0.2) is 0 Å². The first-order valence-corrected chi connectivity index (χ1v) is 9.37. The number of nitrogens with zero attached hydrogens (tertiary/aromatic N) is 1. The maximum atomic E-state index is 12.6. The molecule has 0 spiro atoms. The fourth-order valence-corrected chi connectivity index (χ4v) is 3.59. The van der Waals surface area contributed by atoms with Crippen LogP contribution in [0, 0.1) is 5.92 Å². The van der Waals surface area contributed by atoms with Gasteiger partial charge in [-0.05, 0) is 55.5 Å². The molecule has 0 bridgehead atoms. The van der Waals surface area contributed by atoms with Crippen LogP contribution in [0.3, 0.4) is 0 Å². The van der Waals surface area contributed by atoms with Gasteiger partial charge >= 0.3 is 0 Å². The molecule has 0 unspecified atom stereocenters. The van der Waals surface area contributed by atoms with Crippen LogP contribution in [-0.4, -0.2) is 26.1 Å². The van der Waals surface area contributed by atoms with Crippen LogP contribution in [-0.2, 0) is 0 Å². The van der Waals surface area contributed by atoms with Crippen LogP contribution >= 0.6 is 0 Å². The summed E-state index contributed by atoms with van der Waals surface area (Å²) in [4.78, 5) is 15.0. The molecular weight excluding hydrogens is 324 g/mol. The second-order valence-electron chi connectivity index (χ2n) is 7.18. The predicted octanol–water partition coefficient (Wildman–Crippen LogP) is 4.42. The fraction of sp³-hybridized carbons (Fsp3) is 0.409.